The molecule has 0 saturated carbocycles. The minimum absolute atomic E-state index is 0.00637. The van der Waals surface area contributed by atoms with Crippen LogP contribution in [-0.4, -0.2) is 61.3 Å². The van der Waals surface area contributed by atoms with Gasteiger partial charge in [0.05, 0.1) is 13.1 Å². The second-order valence-corrected chi connectivity index (χ2v) is 8.15. The fraction of sp³-hybridized carbons (Fsp3) is 0.524. The molecule has 1 aromatic rings. The molecule has 3 N–H and O–H groups in total. The van der Waals surface area contributed by atoms with Crippen molar-refractivity contribution < 1.29 is 19.2 Å². The highest BCUT2D eigenvalue weighted by molar-refractivity contribution is 5.97. The van der Waals surface area contributed by atoms with Crippen LogP contribution in [0.5, 0.6) is 0 Å². The highest BCUT2D eigenvalue weighted by Crippen LogP contribution is 2.22. The number of likely N-dealkylation sites (tertiary alicyclic amines) is 1. The molecule has 1 aliphatic heterocycles. The van der Waals surface area contributed by atoms with Crippen molar-refractivity contribution in [1.82, 2.24) is 20.9 Å². The van der Waals surface area contributed by atoms with Gasteiger partial charge >= 0.3 is 0 Å². The van der Waals surface area contributed by atoms with Crippen molar-refractivity contribution in [2.45, 2.75) is 45.1 Å². The zero-order valence-electron chi connectivity index (χ0n) is 17.5. The van der Waals surface area contributed by atoms with E-state index >= 15 is 0 Å². The average Bonchev–Trinajstić information content (AvgIpc) is 3.19. The number of amides is 4. The number of likely N-dealkylation sites (N-methyl/N-ethyl adjacent to an activating group) is 1. The molecular weight excluding hydrogens is 372 g/mol. The Labute approximate surface area is 171 Å². The van der Waals surface area contributed by atoms with E-state index in [1.165, 1.54) is 11.9 Å². The van der Waals surface area contributed by atoms with Gasteiger partial charge in [-0.2, -0.15) is 0 Å². The van der Waals surface area contributed by atoms with E-state index in [-0.39, 0.29) is 36.2 Å². The van der Waals surface area contributed by atoms with Crippen LogP contribution in [0.3, 0.4) is 0 Å². The third-order valence-corrected chi connectivity index (χ3v) is 4.98. The van der Waals surface area contributed by atoms with Gasteiger partial charge in [-0.3, -0.25) is 19.2 Å². The summed E-state index contributed by atoms with van der Waals surface area (Å²) in [5.74, 6) is -1.33. The van der Waals surface area contributed by atoms with E-state index < -0.39 is 11.9 Å². The first kappa shape index (κ1) is 22.4. The molecule has 1 fully saturated rings. The molecule has 1 saturated heterocycles. The molecule has 0 radical (unpaired) electrons. The van der Waals surface area contributed by atoms with E-state index in [1.54, 1.807) is 12.1 Å². The maximum atomic E-state index is 12.3. The zero-order valence-corrected chi connectivity index (χ0v) is 17.5. The van der Waals surface area contributed by atoms with Gasteiger partial charge in [0.2, 0.25) is 17.7 Å². The molecule has 8 heteroatoms. The minimum Gasteiger partial charge on any atom is -0.357 e. The van der Waals surface area contributed by atoms with E-state index in [1.807, 2.05) is 12.1 Å². The summed E-state index contributed by atoms with van der Waals surface area (Å²) in [7, 11) is 1.53. The van der Waals surface area contributed by atoms with Crippen LogP contribution in [-0.2, 0) is 19.8 Å². The fourth-order valence-corrected chi connectivity index (χ4v) is 3.23. The second kappa shape index (κ2) is 9.54. The Morgan fingerprint density at radius 2 is 1.69 bits per heavy atom. The Balaban J connectivity index is 1.78. The molecular formula is C21H30N4O4. The van der Waals surface area contributed by atoms with Crippen molar-refractivity contribution >= 4 is 23.6 Å². The third kappa shape index (κ3) is 6.04. The summed E-state index contributed by atoms with van der Waals surface area (Å²) in [4.78, 5) is 49.8. The smallest absolute Gasteiger partial charge is 0.251 e. The molecule has 2 rings (SSSR count). The lowest BCUT2D eigenvalue weighted by atomic mass is 9.87. The summed E-state index contributed by atoms with van der Waals surface area (Å²) in [6, 6.07) is 6.76. The maximum absolute atomic E-state index is 12.3. The van der Waals surface area contributed by atoms with Gasteiger partial charge in [0, 0.05) is 19.2 Å². The van der Waals surface area contributed by atoms with Crippen molar-refractivity contribution in [2.75, 3.05) is 26.7 Å². The molecule has 0 aliphatic carbocycles. The SMILES string of the molecule is CNC(=O)C1CCCN1C(=O)CNC(=O)CNC(=O)c1ccc(C(C)(C)C)cc1. The van der Waals surface area contributed by atoms with Gasteiger partial charge in [-0.25, -0.2) is 0 Å². The molecule has 1 heterocycles. The Kier molecular flexibility index (Phi) is 7.36. The highest BCUT2D eigenvalue weighted by atomic mass is 16.2. The molecule has 1 unspecified atom stereocenters. The molecule has 8 nitrogen and oxygen atoms in total. The summed E-state index contributed by atoms with van der Waals surface area (Å²) in [6.45, 7) is 6.33. The van der Waals surface area contributed by atoms with Gasteiger partial charge in [-0.15, -0.1) is 0 Å². The Hall–Kier alpha value is -2.90. The maximum Gasteiger partial charge on any atom is 0.251 e. The van der Waals surface area contributed by atoms with Crippen LogP contribution >= 0.6 is 0 Å². The summed E-state index contributed by atoms with van der Waals surface area (Å²) in [5.41, 5.74) is 1.57. The van der Waals surface area contributed by atoms with E-state index in [4.69, 9.17) is 0 Å². The number of nitrogens with one attached hydrogen (secondary N) is 3. The second-order valence-electron chi connectivity index (χ2n) is 8.15. The van der Waals surface area contributed by atoms with Crippen molar-refractivity contribution in [3.05, 3.63) is 35.4 Å². The lowest BCUT2D eigenvalue weighted by Gasteiger charge is -2.23. The topological polar surface area (TPSA) is 108 Å². The quantitative estimate of drug-likeness (QED) is 0.646. The largest absolute Gasteiger partial charge is 0.357 e. The molecule has 1 atom stereocenters. The summed E-state index contributed by atoms with van der Waals surface area (Å²) in [5, 5.41) is 7.59. The first-order chi connectivity index (χ1) is 13.6. The number of hydrogen-bond acceptors (Lipinski definition) is 4. The predicted octanol–water partition coefficient (Wildman–Crippen LogP) is 0.567. The van der Waals surface area contributed by atoms with Crippen molar-refractivity contribution in [3.63, 3.8) is 0 Å². The van der Waals surface area contributed by atoms with Gasteiger partial charge in [-0.05, 0) is 36.0 Å². The third-order valence-electron chi connectivity index (χ3n) is 4.98. The monoisotopic (exact) mass is 402 g/mol. The highest BCUT2D eigenvalue weighted by Gasteiger charge is 2.33. The van der Waals surface area contributed by atoms with Crippen LogP contribution in [0, 0.1) is 0 Å². The molecule has 29 heavy (non-hydrogen) atoms. The summed E-state index contributed by atoms with van der Waals surface area (Å²) >= 11 is 0. The molecule has 0 aromatic heterocycles. The van der Waals surface area contributed by atoms with Crippen molar-refractivity contribution in [3.8, 4) is 0 Å². The first-order valence-corrected chi connectivity index (χ1v) is 9.80. The van der Waals surface area contributed by atoms with Crippen LogP contribution < -0.4 is 16.0 Å². The molecule has 0 bridgehead atoms. The van der Waals surface area contributed by atoms with Gasteiger partial charge in [-0.1, -0.05) is 32.9 Å². The first-order valence-electron chi connectivity index (χ1n) is 9.80. The van der Waals surface area contributed by atoms with Crippen LogP contribution in [0.4, 0.5) is 0 Å². The normalized spacial score (nSPS) is 16.3. The molecule has 4 amide bonds. The lowest BCUT2D eigenvalue weighted by Crippen LogP contribution is -2.49. The number of benzene rings is 1. The van der Waals surface area contributed by atoms with E-state index in [0.29, 0.717) is 18.5 Å². The van der Waals surface area contributed by atoms with Gasteiger partial charge in [0.1, 0.15) is 6.04 Å². The van der Waals surface area contributed by atoms with Crippen LogP contribution in [0.25, 0.3) is 0 Å². The van der Waals surface area contributed by atoms with Gasteiger partial charge < -0.3 is 20.9 Å². The fourth-order valence-electron chi connectivity index (χ4n) is 3.23. The van der Waals surface area contributed by atoms with E-state index in [2.05, 4.69) is 36.7 Å². The Bertz CT molecular complexity index is 768. The number of hydrogen-bond donors (Lipinski definition) is 3. The molecule has 1 aliphatic rings. The Morgan fingerprint density at radius 3 is 2.28 bits per heavy atom. The van der Waals surface area contributed by atoms with Crippen LogP contribution in [0.1, 0.15) is 49.5 Å². The van der Waals surface area contributed by atoms with E-state index in [9.17, 15) is 19.2 Å². The van der Waals surface area contributed by atoms with Gasteiger partial charge in [0.25, 0.3) is 5.91 Å². The molecule has 158 valence electrons. The number of carbonyl (C=O) groups is 4. The Morgan fingerprint density at radius 1 is 1.03 bits per heavy atom. The lowest BCUT2D eigenvalue weighted by molar-refractivity contribution is -0.138. The number of nitrogens with zero attached hydrogens (tertiary/aromatic N) is 1. The van der Waals surface area contributed by atoms with Gasteiger partial charge in [0.15, 0.2) is 0 Å². The zero-order chi connectivity index (χ0) is 21.6. The van der Waals surface area contributed by atoms with Crippen molar-refractivity contribution in [2.24, 2.45) is 0 Å². The van der Waals surface area contributed by atoms with Crippen LogP contribution in [0.15, 0.2) is 24.3 Å². The minimum atomic E-state index is -0.486. The van der Waals surface area contributed by atoms with Crippen LogP contribution in [0.2, 0.25) is 0 Å². The van der Waals surface area contributed by atoms with Crippen molar-refractivity contribution in [1.29, 1.82) is 0 Å². The number of rotatable bonds is 6. The number of carbonyl (C=O) groups excluding carboxylic acids is 4. The summed E-state index contributed by atoms with van der Waals surface area (Å²) in [6.07, 6.45) is 1.37. The van der Waals surface area contributed by atoms with E-state index in [0.717, 1.165) is 12.0 Å². The molecule has 0 spiro atoms. The standard InChI is InChI=1S/C21H30N4O4/c1-21(2,3)15-9-7-14(8-10-15)19(28)24-12-17(26)23-13-18(27)25-11-5-6-16(25)20(29)22-4/h7-10,16H,5-6,11-13H2,1-4H3,(H,22,29)(H,23,26)(H,24,28). The summed E-state index contributed by atoms with van der Waals surface area (Å²) < 4.78 is 0. The molecule has 1 aromatic carbocycles. The predicted molar refractivity (Wildman–Crippen MR) is 109 cm³/mol. The average molecular weight is 402 g/mol.